The Labute approximate surface area is 208 Å². The number of hydrogen-bond acceptors (Lipinski definition) is 5. The normalized spacial score (nSPS) is 17.8. The number of halogens is 1. The van der Waals surface area contributed by atoms with Crippen molar-refractivity contribution in [2.45, 2.75) is 45.6 Å². The average Bonchev–Trinajstić information content (AvgIpc) is 3.20. The maximum atomic E-state index is 15.0. The maximum Gasteiger partial charge on any atom is 0.414 e. The first-order valence-corrected chi connectivity index (χ1v) is 11.9. The molecule has 1 fully saturated rings. The van der Waals surface area contributed by atoms with E-state index in [9.17, 15) is 23.6 Å². The molecule has 2 heterocycles. The molecule has 2 N–H and O–H groups in total. The predicted octanol–water partition coefficient (Wildman–Crippen LogP) is 3.64. The lowest BCUT2D eigenvalue weighted by atomic mass is 9.95. The largest absolute Gasteiger partial charge is 0.442 e. The zero-order chi connectivity index (χ0) is 25.8. The molecule has 0 spiro atoms. The van der Waals surface area contributed by atoms with Crippen LogP contribution in [0.15, 0.2) is 53.7 Å². The van der Waals surface area contributed by atoms with Crippen LogP contribution in [0, 0.1) is 5.82 Å². The van der Waals surface area contributed by atoms with Crippen LogP contribution in [0.3, 0.4) is 0 Å². The van der Waals surface area contributed by atoms with Crippen molar-refractivity contribution in [3.8, 4) is 11.1 Å². The smallest absolute Gasteiger partial charge is 0.414 e. The fourth-order valence-electron chi connectivity index (χ4n) is 4.44. The fraction of sp³-hybridized carbons (Fsp3) is 0.333. The topological polar surface area (TPSA) is 105 Å². The van der Waals surface area contributed by atoms with Crippen molar-refractivity contribution in [1.29, 1.82) is 0 Å². The molecule has 0 saturated carbocycles. The molecule has 0 aliphatic carbocycles. The molecule has 0 aromatic heterocycles. The molecule has 9 heteroatoms. The summed E-state index contributed by atoms with van der Waals surface area (Å²) in [5.41, 5.74) is 3.89. The van der Waals surface area contributed by atoms with Gasteiger partial charge in [0.2, 0.25) is 11.8 Å². The predicted molar refractivity (Wildman–Crippen MR) is 132 cm³/mol. The lowest BCUT2D eigenvalue weighted by Crippen LogP contribution is -2.33. The molecule has 0 unspecified atom stereocenters. The van der Waals surface area contributed by atoms with Crippen molar-refractivity contribution >= 4 is 29.4 Å². The van der Waals surface area contributed by atoms with Gasteiger partial charge >= 0.3 is 6.09 Å². The van der Waals surface area contributed by atoms with E-state index in [0.717, 1.165) is 18.4 Å². The first kappa shape index (κ1) is 25.1. The zero-order valence-electron chi connectivity index (χ0n) is 20.2. The summed E-state index contributed by atoms with van der Waals surface area (Å²) < 4.78 is 20.2. The third kappa shape index (κ3) is 5.79. The number of aryl methyl sites for hydroxylation is 1. The van der Waals surface area contributed by atoms with Crippen LogP contribution >= 0.6 is 0 Å². The lowest BCUT2D eigenvalue weighted by molar-refractivity contribution is -0.127. The van der Waals surface area contributed by atoms with E-state index in [-0.39, 0.29) is 37.1 Å². The Morgan fingerprint density at radius 1 is 1.14 bits per heavy atom. The summed E-state index contributed by atoms with van der Waals surface area (Å²) >= 11 is 0. The number of hydrogen-bond donors (Lipinski definition) is 2. The minimum atomic E-state index is -0.579. The Bertz CT molecular complexity index is 1240. The van der Waals surface area contributed by atoms with Crippen LogP contribution in [0.5, 0.6) is 0 Å². The molecule has 4 rings (SSSR count). The Balaban J connectivity index is 1.36. The summed E-state index contributed by atoms with van der Waals surface area (Å²) in [6.07, 6.45) is 0.925. The van der Waals surface area contributed by atoms with E-state index in [0.29, 0.717) is 34.5 Å². The van der Waals surface area contributed by atoms with E-state index in [1.807, 2.05) is 24.3 Å². The summed E-state index contributed by atoms with van der Waals surface area (Å²) in [6, 6.07) is 12.2. The number of carbonyl (C=O) groups is 4. The first-order chi connectivity index (χ1) is 17.2. The SMILES string of the molecule is CC(=O)NC[C@H]1CN(c2ccc(-c3ccc(CCCC4=C(C)NC(=O)CC4=O)cc3)c(F)c2)C(=O)O1. The van der Waals surface area contributed by atoms with Crippen LogP contribution in [0.4, 0.5) is 14.9 Å². The van der Waals surface area contributed by atoms with Crippen LogP contribution in [0.1, 0.15) is 38.7 Å². The summed E-state index contributed by atoms with van der Waals surface area (Å²) in [6.45, 7) is 3.56. The molecular weight excluding hydrogens is 465 g/mol. The first-order valence-electron chi connectivity index (χ1n) is 11.9. The van der Waals surface area contributed by atoms with Crippen molar-refractivity contribution in [2.75, 3.05) is 18.0 Å². The zero-order valence-corrected chi connectivity index (χ0v) is 20.2. The summed E-state index contributed by atoms with van der Waals surface area (Å²) in [7, 11) is 0. The second-order valence-corrected chi connectivity index (χ2v) is 9.02. The van der Waals surface area contributed by atoms with E-state index in [1.165, 1.54) is 17.9 Å². The maximum absolute atomic E-state index is 15.0. The van der Waals surface area contributed by atoms with E-state index in [2.05, 4.69) is 10.6 Å². The molecule has 2 aromatic rings. The quantitative estimate of drug-likeness (QED) is 0.547. The Kier molecular flexibility index (Phi) is 7.47. The van der Waals surface area contributed by atoms with E-state index in [1.54, 1.807) is 19.1 Å². The molecule has 0 bridgehead atoms. The number of ketones is 1. The van der Waals surface area contributed by atoms with E-state index in [4.69, 9.17) is 4.74 Å². The number of cyclic esters (lactones) is 1. The minimum Gasteiger partial charge on any atom is -0.442 e. The highest BCUT2D eigenvalue weighted by Crippen LogP contribution is 2.29. The van der Waals surface area contributed by atoms with Crippen LogP contribution in [-0.2, 0) is 25.5 Å². The number of allylic oxidation sites excluding steroid dienone is 2. The molecule has 3 amide bonds. The van der Waals surface area contributed by atoms with Crippen molar-refractivity contribution in [3.63, 3.8) is 0 Å². The van der Waals surface area contributed by atoms with Crippen LogP contribution in [-0.4, -0.2) is 42.9 Å². The van der Waals surface area contributed by atoms with Gasteiger partial charge < -0.3 is 15.4 Å². The second kappa shape index (κ2) is 10.7. The van der Waals surface area contributed by atoms with Gasteiger partial charge in [0, 0.05) is 23.8 Å². The van der Waals surface area contributed by atoms with Gasteiger partial charge in [0.1, 0.15) is 11.9 Å². The van der Waals surface area contributed by atoms with Crippen LogP contribution < -0.4 is 15.5 Å². The van der Waals surface area contributed by atoms with Crippen molar-refractivity contribution < 1.29 is 28.3 Å². The number of amides is 3. The second-order valence-electron chi connectivity index (χ2n) is 9.02. The third-order valence-electron chi connectivity index (χ3n) is 6.31. The molecule has 36 heavy (non-hydrogen) atoms. The third-order valence-corrected chi connectivity index (χ3v) is 6.31. The number of carbonyl (C=O) groups excluding carboxylic acids is 4. The Morgan fingerprint density at radius 3 is 2.56 bits per heavy atom. The van der Waals surface area contributed by atoms with Gasteiger partial charge in [-0.3, -0.25) is 19.3 Å². The molecule has 2 aromatic carbocycles. The van der Waals surface area contributed by atoms with Gasteiger partial charge in [-0.2, -0.15) is 0 Å². The molecule has 2 aliphatic heterocycles. The standard InChI is InChI=1S/C27H28FN3O5/c1-16-22(25(33)13-26(34)30-16)5-3-4-18-6-8-19(9-7-18)23-11-10-20(12-24(23)28)31-15-21(36-27(31)35)14-29-17(2)32/h6-12,21H,3-5,13-15H2,1-2H3,(H,29,32)(H,30,34)/t21-/m0/s1. The van der Waals surface area contributed by atoms with E-state index < -0.39 is 18.0 Å². The van der Waals surface area contributed by atoms with Gasteiger partial charge in [-0.1, -0.05) is 24.3 Å². The number of benzene rings is 2. The number of nitrogens with zero attached hydrogens (tertiary/aromatic N) is 1. The highest BCUT2D eigenvalue weighted by Gasteiger charge is 2.32. The molecule has 1 atom stereocenters. The molecular formula is C27H28FN3O5. The van der Waals surface area contributed by atoms with Gasteiger partial charge in [0.15, 0.2) is 5.78 Å². The van der Waals surface area contributed by atoms with Gasteiger partial charge in [-0.15, -0.1) is 0 Å². The summed E-state index contributed by atoms with van der Waals surface area (Å²) in [4.78, 5) is 48.1. The van der Waals surface area contributed by atoms with Crippen molar-refractivity contribution in [1.82, 2.24) is 10.6 Å². The monoisotopic (exact) mass is 493 g/mol. The molecule has 188 valence electrons. The van der Waals surface area contributed by atoms with Gasteiger partial charge in [0.05, 0.1) is 25.2 Å². The number of anilines is 1. The average molecular weight is 494 g/mol. The number of Topliss-reactive ketones (excluding diaryl/α,β-unsaturated/α-hetero) is 1. The number of nitrogens with one attached hydrogen (secondary N) is 2. The van der Waals surface area contributed by atoms with E-state index >= 15 is 0 Å². The summed E-state index contributed by atoms with van der Waals surface area (Å²) in [5.74, 6) is -1.05. The number of rotatable bonds is 8. The van der Waals surface area contributed by atoms with Crippen molar-refractivity contribution in [2.24, 2.45) is 0 Å². The number of ether oxygens (including phenoxy) is 1. The van der Waals surface area contributed by atoms with Crippen molar-refractivity contribution in [3.05, 3.63) is 65.1 Å². The highest BCUT2D eigenvalue weighted by molar-refractivity contribution is 6.10. The van der Waals surface area contributed by atoms with Crippen LogP contribution in [0.2, 0.25) is 0 Å². The molecule has 0 radical (unpaired) electrons. The minimum absolute atomic E-state index is 0.0949. The highest BCUT2D eigenvalue weighted by atomic mass is 19.1. The lowest BCUT2D eigenvalue weighted by Gasteiger charge is -2.17. The molecule has 1 saturated heterocycles. The van der Waals surface area contributed by atoms with Gasteiger partial charge in [-0.25, -0.2) is 9.18 Å². The Hall–Kier alpha value is -4.01. The molecule has 2 aliphatic rings. The fourth-order valence-corrected chi connectivity index (χ4v) is 4.44. The van der Waals surface area contributed by atoms with Gasteiger partial charge in [-0.05, 0) is 55.5 Å². The Morgan fingerprint density at radius 2 is 1.89 bits per heavy atom. The molecule has 8 nitrogen and oxygen atoms in total. The van der Waals surface area contributed by atoms with Crippen LogP contribution in [0.25, 0.3) is 11.1 Å². The van der Waals surface area contributed by atoms with Gasteiger partial charge in [0.25, 0.3) is 0 Å². The summed E-state index contributed by atoms with van der Waals surface area (Å²) in [5, 5.41) is 5.33.